The SMILES string of the molecule is C=CCN(CCOC)C(=O)c1cn(CC(=O)O)nn1. The molecule has 0 spiro atoms. The molecule has 0 bridgehead atoms. The highest BCUT2D eigenvalue weighted by Gasteiger charge is 2.18. The Bertz CT molecular complexity index is 457. The lowest BCUT2D eigenvalue weighted by atomic mass is 10.3. The number of amides is 1. The Labute approximate surface area is 110 Å². The van der Waals surface area contributed by atoms with Gasteiger partial charge in [0.2, 0.25) is 0 Å². The highest BCUT2D eigenvalue weighted by atomic mass is 16.5. The Morgan fingerprint density at radius 2 is 2.37 bits per heavy atom. The van der Waals surface area contributed by atoms with E-state index in [2.05, 4.69) is 16.9 Å². The molecule has 19 heavy (non-hydrogen) atoms. The van der Waals surface area contributed by atoms with Gasteiger partial charge in [-0.05, 0) is 0 Å². The Balaban J connectivity index is 2.74. The summed E-state index contributed by atoms with van der Waals surface area (Å²) in [5, 5.41) is 15.9. The van der Waals surface area contributed by atoms with Crippen LogP contribution in [-0.2, 0) is 16.1 Å². The molecular formula is C11H16N4O4. The van der Waals surface area contributed by atoms with Gasteiger partial charge in [0.25, 0.3) is 5.91 Å². The van der Waals surface area contributed by atoms with Crippen LogP contribution in [0.3, 0.4) is 0 Å². The number of carboxylic acid groups (broad SMARTS) is 1. The van der Waals surface area contributed by atoms with Crippen LogP contribution in [0.4, 0.5) is 0 Å². The molecule has 0 radical (unpaired) electrons. The van der Waals surface area contributed by atoms with Gasteiger partial charge in [-0.3, -0.25) is 9.59 Å². The smallest absolute Gasteiger partial charge is 0.325 e. The van der Waals surface area contributed by atoms with Gasteiger partial charge in [-0.15, -0.1) is 11.7 Å². The van der Waals surface area contributed by atoms with E-state index in [-0.39, 0.29) is 18.1 Å². The fourth-order valence-corrected chi connectivity index (χ4v) is 1.41. The van der Waals surface area contributed by atoms with E-state index in [0.717, 1.165) is 4.68 Å². The summed E-state index contributed by atoms with van der Waals surface area (Å²) >= 11 is 0. The first kappa shape index (κ1) is 14.8. The maximum atomic E-state index is 12.1. The molecule has 1 aromatic heterocycles. The lowest BCUT2D eigenvalue weighted by Gasteiger charge is -2.19. The van der Waals surface area contributed by atoms with Crippen molar-refractivity contribution in [3.63, 3.8) is 0 Å². The summed E-state index contributed by atoms with van der Waals surface area (Å²) < 4.78 is 6.01. The highest BCUT2D eigenvalue weighted by molar-refractivity contribution is 5.92. The van der Waals surface area contributed by atoms with Crippen LogP contribution in [0.5, 0.6) is 0 Å². The third-order valence-electron chi connectivity index (χ3n) is 2.26. The Kier molecular flexibility index (Phi) is 5.68. The number of carboxylic acids is 1. The highest BCUT2D eigenvalue weighted by Crippen LogP contribution is 2.01. The van der Waals surface area contributed by atoms with E-state index in [0.29, 0.717) is 19.7 Å². The molecule has 0 unspecified atom stereocenters. The Morgan fingerprint density at radius 3 is 2.95 bits per heavy atom. The summed E-state index contributed by atoms with van der Waals surface area (Å²) in [4.78, 5) is 24.1. The molecule has 0 fully saturated rings. The summed E-state index contributed by atoms with van der Waals surface area (Å²) in [6, 6.07) is 0. The number of aromatic nitrogens is 3. The van der Waals surface area contributed by atoms with Crippen LogP contribution >= 0.6 is 0 Å². The molecule has 0 aromatic carbocycles. The molecule has 1 heterocycles. The summed E-state index contributed by atoms with van der Waals surface area (Å²) in [6.07, 6.45) is 2.90. The standard InChI is InChI=1S/C11H16N4O4/c1-3-4-14(5-6-19-2)11(18)9-7-15(13-12-9)8-10(16)17/h3,7H,1,4-6,8H2,2H3,(H,16,17). The number of hydrogen-bond acceptors (Lipinski definition) is 5. The number of methoxy groups -OCH3 is 1. The third kappa shape index (κ3) is 4.51. The molecule has 0 aliphatic heterocycles. The summed E-state index contributed by atoms with van der Waals surface area (Å²) in [5.74, 6) is -1.39. The topological polar surface area (TPSA) is 97.5 Å². The number of hydrogen-bond donors (Lipinski definition) is 1. The monoisotopic (exact) mass is 268 g/mol. The number of ether oxygens (including phenoxy) is 1. The van der Waals surface area contributed by atoms with Gasteiger partial charge in [0, 0.05) is 20.2 Å². The van der Waals surface area contributed by atoms with Crippen LogP contribution in [0, 0.1) is 0 Å². The van der Waals surface area contributed by atoms with Crippen LogP contribution in [0.15, 0.2) is 18.9 Å². The average Bonchev–Trinajstić information content (AvgIpc) is 2.81. The van der Waals surface area contributed by atoms with Gasteiger partial charge in [0.05, 0.1) is 12.8 Å². The van der Waals surface area contributed by atoms with Gasteiger partial charge in [0.15, 0.2) is 5.69 Å². The van der Waals surface area contributed by atoms with E-state index >= 15 is 0 Å². The van der Waals surface area contributed by atoms with E-state index in [1.165, 1.54) is 11.1 Å². The molecule has 0 atom stereocenters. The van der Waals surface area contributed by atoms with Gasteiger partial charge in [0.1, 0.15) is 6.54 Å². The second-order valence-electron chi connectivity index (χ2n) is 3.73. The lowest BCUT2D eigenvalue weighted by Crippen LogP contribution is -2.34. The van der Waals surface area contributed by atoms with Crippen molar-refractivity contribution in [2.24, 2.45) is 0 Å². The Hall–Kier alpha value is -2.22. The second kappa shape index (κ2) is 7.27. The summed E-state index contributed by atoms with van der Waals surface area (Å²) in [5.41, 5.74) is 0.0965. The predicted octanol–water partition coefficient (Wildman–Crippen LogP) is -0.363. The fourth-order valence-electron chi connectivity index (χ4n) is 1.41. The van der Waals surface area contributed by atoms with Gasteiger partial charge in [-0.1, -0.05) is 11.3 Å². The second-order valence-corrected chi connectivity index (χ2v) is 3.73. The zero-order valence-corrected chi connectivity index (χ0v) is 10.7. The summed E-state index contributed by atoms with van der Waals surface area (Å²) in [6.45, 7) is 4.38. The molecule has 0 aliphatic carbocycles. The van der Waals surface area contributed by atoms with E-state index in [4.69, 9.17) is 9.84 Å². The predicted molar refractivity (Wildman–Crippen MR) is 65.6 cm³/mol. The molecule has 1 rings (SSSR count). The lowest BCUT2D eigenvalue weighted by molar-refractivity contribution is -0.137. The minimum absolute atomic E-state index is 0.0965. The minimum atomic E-state index is -1.05. The molecule has 0 saturated heterocycles. The fraction of sp³-hybridized carbons (Fsp3) is 0.455. The van der Waals surface area contributed by atoms with Crippen molar-refractivity contribution in [1.29, 1.82) is 0 Å². The van der Waals surface area contributed by atoms with E-state index in [9.17, 15) is 9.59 Å². The molecular weight excluding hydrogens is 252 g/mol. The number of rotatable bonds is 8. The van der Waals surface area contributed by atoms with Crippen molar-refractivity contribution in [1.82, 2.24) is 19.9 Å². The normalized spacial score (nSPS) is 10.2. The number of carbonyl (C=O) groups excluding carboxylic acids is 1. The largest absolute Gasteiger partial charge is 0.480 e. The van der Waals surface area contributed by atoms with E-state index in [1.807, 2.05) is 0 Å². The van der Waals surface area contributed by atoms with Gasteiger partial charge in [-0.25, -0.2) is 4.68 Å². The zero-order chi connectivity index (χ0) is 14.3. The minimum Gasteiger partial charge on any atom is -0.480 e. The molecule has 8 heteroatoms. The number of nitrogens with zero attached hydrogens (tertiary/aromatic N) is 4. The first-order chi connectivity index (χ1) is 9.08. The molecule has 1 amide bonds. The first-order valence-electron chi connectivity index (χ1n) is 5.59. The molecule has 104 valence electrons. The maximum Gasteiger partial charge on any atom is 0.325 e. The van der Waals surface area contributed by atoms with Crippen LogP contribution < -0.4 is 0 Å². The van der Waals surface area contributed by atoms with Gasteiger partial charge >= 0.3 is 5.97 Å². The quantitative estimate of drug-likeness (QED) is 0.646. The van der Waals surface area contributed by atoms with Gasteiger partial charge < -0.3 is 14.7 Å². The van der Waals surface area contributed by atoms with E-state index in [1.54, 1.807) is 13.2 Å². The van der Waals surface area contributed by atoms with E-state index < -0.39 is 5.97 Å². The average molecular weight is 268 g/mol. The van der Waals surface area contributed by atoms with Crippen molar-refractivity contribution < 1.29 is 19.4 Å². The Morgan fingerprint density at radius 1 is 1.63 bits per heavy atom. The molecule has 0 aliphatic rings. The van der Waals surface area contributed by atoms with Crippen LogP contribution in [0.1, 0.15) is 10.5 Å². The number of aliphatic carboxylic acids is 1. The van der Waals surface area contributed by atoms with Crippen molar-refractivity contribution in [2.45, 2.75) is 6.54 Å². The summed E-state index contributed by atoms with van der Waals surface area (Å²) in [7, 11) is 1.54. The first-order valence-corrected chi connectivity index (χ1v) is 5.59. The maximum absolute atomic E-state index is 12.1. The number of carbonyl (C=O) groups is 2. The van der Waals surface area contributed by atoms with Crippen molar-refractivity contribution in [3.05, 3.63) is 24.5 Å². The zero-order valence-electron chi connectivity index (χ0n) is 10.7. The molecule has 1 N–H and O–H groups in total. The van der Waals surface area contributed by atoms with Crippen LogP contribution in [-0.4, -0.2) is 63.7 Å². The molecule has 8 nitrogen and oxygen atoms in total. The third-order valence-corrected chi connectivity index (χ3v) is 2.26. The van der Waals surface area contributed by atoms with Crippen LogP contribution in [0.25, 0.3) is 0 Å². The van der Waals surface area contributed by atoms with Crippen molar-refractivity contribution in [3.8, 4) is 0 Å². The van der Waals surface area contributed by atoms with Crippen molar-refractivity contribution in [2.75, 3.05) is 26.8 Å². The van der Waals surface area contributed by atoms with Gasteiger partial charge in [-0.2, -0.15) is 0 Å². The van der Waals surface area contributed by atoms with Crippen molar-refractivity contribution >= 4 is 11.9 Å². The molecule has 0 saturated carbocycles. The molecule has 1 aromatic rings. The van der Waals surface area contributed by atoms with Crippen LogP contribution in [0.2, 0.25) is 0 Å².